The molecule has 2 aromatic heterocycles. The summed E-state index contributed by atoms with van der Waals surface area (Å²) in [6.45, 7) is 5.78. The Hall–Kier alpha value is -2.35. The van der Waals surface area contributed by atoms with E-state index in [0.29, 0.717) is 0 Å². The topological polar surface area (TPSA) is 44.9 Å². The van der Waals surface area contributed by atoms with Gasteiger partial charge in [-0.3, -0.25) is 4.99 Å². The molecule has 0 unspecified atom stereocenters. The van der Waals surface area contributed by atoms with Crippen LogP contribution in [0.15, 0.2) is 71.5 Å². The zero-order valence-electron chi connectivity index (χ0n) is 17.5. The number of benzene rings is 1. The molecular formula is C24H30IN5. The van der Waals surface area contributed by atoms with Gasteiger partial charge in [-0.25, -0.2) is 4.98 Å². The third-order valence-corrected chi connectivity index (χ3v) is 5.25. The van der Waals surface area contributed by atoms with E-state index in [-0.39, 0.29) is 24.0 Å². The van der Waals surface area contributed by atoms with Gasteiger partial charge in [-0.2, -0.15) is 0 Å². The van der Waals surface area contributed by atoms with Gasteiger partial charge in [0, 0.05) is 45.0 Å². The van der Waals surface area contributed by atoms with E-state index in [0.717, 1.165) is 62.7 Å². The molecule has 1 N–H and O–H groups in total. The van der Waals surface area contributed by atoms with Crippen molar-refractivity contribution in [2.45, 2.75) is 26.2 Å². The van der Waals surface area contributed by atoms with Gasteiger partial charge in [0.2, 0.25) is 0 Å². The number of fused-ring (bicyclic) bond motifs is 1. The van der Waals surface area contributed by atoms with E-state index >= 15 is 0 Å². The molecule has 5 nitrogen and oxygen atoms in total. The first-order valence-electron chi connectivity index (χ1n) is 10.5. The third-order valence-electron chi connectivity index (χ3n) is 5.25. The van der Waals surface area contributed by atoms with Gasteiger partial charge in [0.05, 0.1) is 5.69 Å². The first-order chi connectivity index (χ1) is 14.3. The molecule has 0 saturated carbocycles. The Labute approximate surface area is 195 Å². The number of halogens is 1. The number of rotatable bonds is 5. The second kappa shape index (κ2) is 11.2. The monoisotopic (exact) mass is 515 g/mol. The number of imidazole rings is 1. The summed E-state index contributed by atoms with van der Waals surface area (Å²) in [4.78, 5) is 11.9. The average Bonchev–Trinajstić information content (AvgIpc) is 3.17. The number of hydrogen-bond acceptors (Lipinski definition) is 2. The summed E-state index contributed by atoms with van der Waals surface area (Å²) in [6.07, 6.45) is 9.50. The van der Waals surface area contributed by atoms with Crippen LogP contribution in [0.5, 0.6) is 0 Å². The quantitative estimate of drug-likeness (QED) is 0.306. The largest absolute Gasteiger partial charge is 0.357 e. The zero-order valence-corrected chi connectivity index (χ0v) is 19.8. The summed E-state index contributed by atoms with van der Waals surface area (Å²) in [5.41, 5.74) is 4.90. The second-order valence-corrected chi connectivity index (χ2v) is 7.38. The van der Waals surface area contributed by atoms with Crippen molar-refractivity contribution in [1.29, 1.82) is 0 Å². The Kier molecular flexibility index (Phi) is 8.30. The Morgan fingerprint density at radius 1 is 1.10 bits per heavy atom. The van der Waals surface area contributed by atoms with Crippen LogP contribution in [0.3, 0.4) is 0 Å². The molecule has 30 heavy (non-hydrogen) atoms. The Morgan fingerprint density at radius 2 is 1.87 bits per heavy atom. The van der Waals surface area contributed by atoms with Crippen LogP contribution in [0.4, 0.5) is 0 Å². The van der Waals surface area contributed by atoms with Gasteiger partial charge in [0.15, 0.2) is 5.96 Å². The van der Waals surface area contributed by atoms with Crippen LogP contribution in [0, 0.1) is 0 Å². The van der Waals surface area contributed by atoms with E-state index in [1.165, 1.54) is 11.1 Å². The number of guanidine groups is 1. The lowest BCUT2D eigenvalue weighted by atomic mass is 10.0. The Morgan fingerprint density at radius 3 is 2.60 bits per heavy atom. The number of nitrogens with one attached hydrogen (secondary N) is 1. The molecule has 1 saturated heterocycles. The van der Waals surface area contributed by atoms with Crippen LogP contribution < -0.4 is 5.32 Å². The van der Waals surface area contributed by atoms with Crippen LogP contribution in [0.2, 0.25) is 0 Å². The molecular weight excluding hydrogens is 485 g/mol. The van der Waals surface area contributed by atoms with Gasteiger partial charge in [0.1, 0.15) is 5.65 Å². The van der Waals surface area contributed by atoms with E-state index < -0.39 is 0 Å². The molecule has 0 spiro atoms. The van der Waals surface area contributed by atoms with Crippen molar-refractivity contribution in [3.63, 3.8) is 0 Å². The molecule has 1 fully saturated rings. The standard InChI is InChI=1S/C24H29N5.HI/c1-2-25-24(26-14-11-22-19-29-15-7-6-10-23(29)27-22)28-16-12-21(13-17-28)18-20-8-4-3-5-9-20;/h3-10,15,18-19H,2,11-14,16-17H2,1H3,(H,25,26);1H. The number of pyridine rings is 1. The fourth-order valence-corrected chi connectivity index (χ4v) is 3.74. The number of aromatic nitrogens is 2. The van der Waals surface area contributed by atoms with Crippen molar-refractivity contribution < 1.29 is 0 Å². The van der Waals surface area contributed by atoms with Gasteiger partial charge in [-0.05, 0) is 37.5 Å². The van der Waals surface area contributed by atoms with Gasteiger partial charge in [-0.15, -0.1) is 24.0 Å². The van der Waals surface area contributed by atoms with Crippen LogP contribution in [0.25, 0.3) is 11.7 Å². The fraction of sp³-hybridized carbons (Fsp3) is 0.333. The molecule has 0 aliphatic carbocycles. The minimum Gasteiger partial charge on any atom is -0.357 e. The van der Waals surface area contributed by atoms with Gasteiger partial charge in [-0.1, -0.05) is 48.0 Å². The number of piperidine rings is 1. The molecule has 6 heteroatoms. The maximum Gasteiger partial charge on any atom is 0.193 e. The van der Waals surface area contributed by atoms with E-state index in [9.17, 15) is 0 Å². The van der Waals surface area contributed by atoms with Crippen molar-refractivity contribution in [2.24, 2.45) is 4.99 Å². The lowest BCUT2D eigenvalue weighted by Gasteiger charge is -2.31. The van der Waals surface area contributed by atoms with Gasteiger partial charge >= 0.3 is 0 Å². The molecule has 3 aromatic rings. The molecule has 0 amide bonds. The number of aliphatic imine (C=N–C) groups is 1. The predicted molar refractivity (Wildman–Crippen MR) is 136 cm³/mol. The van der Waals surface area contributed by atoms with Gasteiger partial charge < -0.3 is 14.6 Å². The maximum absolute atomic E-state index is 4.87. The molecule has 0 bridgehead atoms. The number of hydrogen-bond donors (Lipinski definition) is 1. The number of likely N-dealkylation sites (tertiary alicyclic amines) is 1. The highest BCUT2D eigenvalue weighted by atomic mass is 127. The molecule has 3 heterocycles. The highest BCUT2D eigenvalue weighted by molar-refractivity contribution is 14.0. The summed E-state index contributed by atoms with van der Waals surface area (Å²) < 4.78 is 2.06. The average molecular weight is 515 g/mol. The van der Waals surface area contributed by atoms with Crippen molar-refractivity contribution in [2.75, 3.05) is 26.2 Å². The smallest absolute Gasteiger partial charge is 0.193 e. The van der Waals surface area contributed by atoms with Gasteiger partial charge in [0.25, 0.3) is 0 Å². The van der Waals surface area contributed by atoms with Crippen molar-refractivity contribution in [3.05, 3.63) is 77.8 Å². The highest BCUT2D eigenvalue weighted by Crippen LogP contribution is 2.19. The van der Waals surface area contributed by atoms with E-state index in [2.05, 4.69) is 69.1 Å². The predicted octanol–water partition coefficient (Wildman–Crippen LogP) is 4.64. The maximum atomic E-state index is 4.87. The molecule has 1 aromatic carbocycles. The Balaban J connectivity index is 0.00000256. The minimum atomic E-state index is 0. The van der Waals surface area contributed by atoms with Crippen LogP contribution >= 0.6 is 24.0 Å². The van der Waals surface area contributed by atoms with Crippen molar-refractivity contribution >= 4 is 41.7 Å². The molecule has 1 aliphatic rings. The van der Waals surface area contributed by atoms with Crippen LogP contribution in [-0.2, 0) is 6.42 Å². The van der Waals surface area contributed by atoms with E-state index in [4.69, 9.17) is 4.99 Å². The molecule has 0 radical (unpaired) electrons. The number of nitrogens with zero attached hydrogens (tertiary/aromatic N) is 4. The Bertz CT molecular complexity index is 950. The first kappa shape index (κ1) is 22.3. The minimum absolute atomic E-state index is 0. The molecule has 1 aliphatic heterocycles. The molecule has 0 atom stereocenters. The van der Waals surface area contributed by atoms with E-state index in [1.807, 2.05) is 24.4 Å². The third kappa shape index (κ3) is 5.84. The van der Waals surface area contributed by atoms with Crippen molar-refractivity contribution in [3.8, 4) is 0 Å². The summed E-state index contributed by atoms with van der Waals surface area (Å²) in [6, 6.07) is 16.7. The normalized spacial score (nSPS) is 14.5. The first-order valence-corrected chi connectivity index (χ1v) is 10.5. The van der Waals surface area contributed by atoms with Crippen LogP contribution in [-0.4, -0.2) is 46.4 Å². The lowest BCUT2D eigenvalue weighted by molar-refractivity contribution is 0.375. The summed E-state index contributed by atoms with van der Waals surface area (Å²) >= 11 is 0. The van der Waals surface area contributed by atoms with Crippen molar-refractivity contribution in [1.82, 2.24) is 19.6 Å². The zero-order chi connectivity index (χ0) is 19.9. The lowest BCUT2D eigenvalue weighted by Crippen LogP contribution is -2.44. The summed E-state index contributed by atoms with van der Waals surface area (Å²) in [5.74, 6) is 1.02. The second-order valence-electron chi connectivity index (χ2n) is 7.38. The highest BCUT2D eigenvalue weighted by Gasteiger charge is 2.17. The van der Waals surface area contributed by atoms with Crippen LogP contribution in [0.1, 0.15) is 31.0 Å². The SMILES string of the molecule is CCNC(=NCCc1cn2ccccc2n1)N1CCC(=Cc2ccccc2)CC1.I. The van der Waals surface area contributed by atoms with E-state index in [1.54, 1.807) is 0 Å². The summed E-state index contributed by atoms with van der Waals surface area (Å²) in [5, 5.41) is 3.46. The molecule has 4 rings (SSSR count). The molecule has 158 valence electrons. The summed E-state index contributed by atoms with van der Waals surface area (Å²) in [7, 11) is 0. The fourth-order valence-electron chi connectivity index (χ4n) is 3.74.